The summed E-state index contributed by atoms with van der Waals surface area (Å²) < 4.78 is 13.7. The molecule has 0 saturated heterocycles. The van der Waals surface area contributed by atoms with Gasteiger partial charge in [-0.2, -0.15) is 0 Å². The van der Waals surface area contributed by atoms with Crippen molar-refractivity contribution in [1.29, 1.82) is 0 Å². The maximum atomic E-state index is 13.7. The lowest BCUT2D eigenvalue weighted by molar-refractivity contribution is 0.162. The maximum absolute atomic E-state index is 13.7. The summed E-state index contributed by atoms with van der Waals surface area (Å²) in [6.45, 7) is 3.40. The molecule has 3 N–H and O–H groups in total. The third-order valence-corrected chi connectivity index (χ3v) is 2.72. The minimum absolute atomic E-state index is 0.211. The Labute approximate surface area is 102 Å². The van der Waals surface area contributed by atoms with Crippen molar-refractivity contribution in [2.75, 3.05) is 13.6 Å². The smallest absolute Gasteiger partial charge is 0.128 e. The average molecular weight is 240 g/mol. The largest absolute Gasteiger partial charge is 0.393 e. The summed E-state index contributed by atoms with van der Waals surface area (Å²) in [6, 6.07) is 5.11. The molecule has 0 heterocycles. The molecule has 0 radical (unpaired) electrons. The van der Waals surface area contributed by atoms with Gasteiger partial charge in [0.1, 0.15) is 5.82 Å². The van der Waals surface area contributed by atoms with Crippen LogP contribution in [-0.2, 0) is 13.1 Å². The lowest BCUT2D eigenvalue weighted by Gasteiger charge is -2.18. The third kappa shape index (κ3) is 4.81. The molecule has 0 bridgehead atoms. The van der Waals surface area contributed by atoms with Crippen molar-refractivity contribution in [3.8, 4) is 0 Å². The van der Waals surface area contributed by atoms with E-state index in [2.05, 4.69) is 0 Å². The lowest BCUT2D eigenvalue weighted by atomic mass is 10.1. The van der Waals surface area contributed by atoms with Crippen LogP contribution in [0, 0.1) is 5.82 Å². The van der Waals surface area contributed by atoms with Crippen LogP contribution in [0.4, 0.5) is 4.39 Å². The van der Waals surface area contributed by atoms with E-state index >= 15 is 0 Å². The topological polar surface area (TPSA) is 49.5 Å². The maximum Gasteiger partial charge on any atom is 0.128 e. The zero-order chi connectivity index (χ0) is 12.8. The number of benzene rings is 1. The molecule has 1 unspecified atom stereocenters. The molecule has 1 rings (SSSR count). The number of nitrogens with zero attached hydrogens (tertiary/aromatic N) is 1. The van der Waals surface area contributed by atoms with E-state index in [1.807, 2.05) is 18.0 Å². The normalized spacial score (nSPS) is 13.1. The van der Waals surface area contributed by atoms with Crippen LogP contribution in [0.5, 0.6) is 0 Å². The fourth-order valence-corrected chi connectivity index (χ4v) is 1.62. The van der Waals surface area contributed by atoms with Gasteiger partial charge in [-0.05, 0) is 32.0 Å². The number of rotatable bonds is 6. The van der Waals surface area contributed by atoms with Crippen molar-refractivity contribution < 1.29 is 9.50 Å². The Morgan fingerprint density at radius 2 is 2.18 bits per heavy atom. The highest BCUT2D eigenvalue weighted by Gasteiger charge is 2.07. The second-order valence-corrected chi connectivity index (χ2v) is 4.51. The molecule has 4 heteroatoms. The molecular weight excluding hydrogens is 219 g/mol. The van der Waals surface area contributed by atoms with Crippen LogP contribution < -0.4 is 5.73 Å². The molecule has 0 aromatic heterocycles. The Hall–Kier alpha value is -0.970. The predicted octanol–water partition coefficient (Wildman–Crippen LogP) is 1.49. The fourth-order valence-electron chi connectivity index (χ4n) is 1.62. The van der Waals surface area contributed by atoms with Crippen molar-refractivity contribution in [1.82, 2.24) is 4.90 Å². The number of halogens is 1. The monoisotopic (exact) mass is 240 g/mol. The van der Waals surface area contributed by atoms with Crippen LogP contribution in [0.3, 0.4) is 0 Å². The number of aliphatic hydroxyl groups is 1. The van der Waals surface area contributed by atoms with Gasteiger partial charge in [-0.3, -0.25) is 0 Å². The summed E-state index contributed by atoms with van der Waals surface area (Å²) in [6.07, 6.45) is 0.376. The van der Waals surface area contributed by atoms with Gasteiger partial charge in [0.2, 0.25) is 0 Å². The van der Waals surface area contributed by atoms with Crippen LogP contribution >= 0.6 is 0 Å². The van der Waals surface area contributed by atoms with Crippen molar-refractivity contribution in [3.63, 3.8) is 0 Å². The van der Waals surface area contributed by atoms with Crippen LogP contribution in [0.1, 0.15) is 24.5 Å². The summed E-state index contributed by atoms with van der Waals surface area (Å²) in [5.74, 6) is -0.211. The fraction of sp³-hybridized carbons (Fsp3) is 0.538. The summed E-state index contributed by atoms with van der Waals surface area (Å²) in [5, 5.41) is 9.18. The first-order valence-corrected chi connectivity index (χ1v) is 5.87. The minimum atomic E-state index is -0.318. The zero-order valence-electron chi connectivity index (χ0n) is 10.5. The Balaban J connectivity index is 2.56. The quantitative estimate of drug-likeness (QED) is 0.792. The number of aliphatic hydroxyl groups excluding tert-OH is 1. The molecule has 0 saturated carbocycles. The molecule has 96 valence electrons. The van der Waals surface area contributed by atoms with Crippen molar-refractivity contribution in [3.05, 3.63) is 35.1 Å². The van der Waals surface area contributed by atoms with E-state index in [0.29, 0.717) is 25.1 Å². The first-order chi connectivity index (χ1) is 8.02. The van der Waals surface area contributed by atoms with E-state index < -0.39 is 0 Å². The van der Waals surface area contributed by atoms with Crippen LogP contribution in [0.15, 0.2) is 18.2 Å². The van der Waals surface area contributed by atoms with E-state index in [1.54, 1.807) is 13.0 Å². The number of nitrogens with two attached hydrogens (primary N) is 1. The molecule has 0 amide bonds. The molecule has 0 spiro atoms. The highest BCUT2D eigenvalue weighted by Crippen LogP contribution is 2.12. The van der Waals surface area contributed by atoms with E-state index in [1.165, 1.54) is 6.07 Å². The first kappa shape index (κ1) is 14.1. The van der Waals surface area contributed by atoms with Gasteiger partial charge in [-0.1, -0.05) is 12.1 Å². The highest BCUT2D eigenvalue weighted by atomic mass is 19.1. The molecule has 3 nitrogen and oxygen atoms in total. The summed E-state index contributed by atoms with van der Waals surface area (Å²) in [4.78, 5) is 1.99. The van der Waals surface area contributed by atoms with Crippen LogP contribution in [-0.4, -0.2) is 29.7 Å². The molecule has 0 fully saturated rings. The Morgan fingerprint density at radius 1 is 1.47 bits per heavy atom. The molecule has 1 aromatic carbocycles. The summed E-state index contributed by atoms with van der Waals surface area (Å²) >= 11 is 0. The zero-order valence-corrected chi connectivity index (χ0v) is 10.5. The van der Waals surface area contributed by atoms with Gasteiger partial charge < -0.3 is 15.7 Å². The van der Waals surface area contributed by atoms with Crippen LogP contribution in [0.25, 0.3) is 0 Å². The first-order valence-electron chi connectivity index (χ1n) is 5.87. The molecule has 1 aromatic rings. The van der Waals surface area contributed by atoms with Crippen molar-refractivity contribution in [2.24, 2.45) is 5.73 Å². The van der Waals surface area contributed by atoms with Gasteiger partial charge in [0, 0.05) is 25.2 Å². The van der Waals surface area contributed by atoms with E-state index in [-0.39, 0.29) is 11.9 Å². The van der Waals surface area contributed by atoms with Crippen LogP contribution in [0.2, 0.25) is 0 Å². The Morgan fingerprint density at radius 3 is 2.71 bits per heavy atom. The lowest BCUT2D eigenvalue weighted by Crippen LogP contribution is -2.22. The second-order valence-electron chi connectivity index (χ2n) is 4.51. The van der Waals surface area contributed by atoms with Gasteiger partial charge in [0.25, 0.3) is 0 Å². The standard InChI is InChI=1S/C13H21FN2O/c1-10(17)5-6-16(2)9-12-4-3-11(8-15)7-13(12)14/h3-4,7,10,17H,5-6,8-9,15H2,1-2H3. The molecule has 0 aliphatic rings. The van der Waals surface area contributed by atoms with Crippen molar-refractivity contribution >= 4 is 0 Å². The van der Waals surface area contributed by atoms with Gasteiger partial charge >= 0.3 is 0 Å². The second kappa shape index (κ2) is 6.69. The molecule has 0 aliphatic carbocycles. The molecule has 17 heavy (non-hydrogen) atoms. The van der Waals surface area contributed by atoms with Gasteiger partial charge in [0.05, 0.1) is 6.10 Å². The van der Waals surface area contributed by atoms with E-state index in [4.69, 9.17) is 5.73 Å². The molecule has 0 aliphatic heterocycles. The average Bonchev–Trinajstić information content (AvgIpc) is 2.29. The van der Waals surface area contributed by atoms with Gasteiger partial charge in [0.15, 0.2) is 0 Å². The summed E-state index contributed by atoms with van der Waals surface area (Å²) in [5.41, 5.74) is 6.91. The SMILES string of the molecule is CC(O)CCN(C)Cc1ccc(CN)cc1F. The highest BCUT2D eigenvalue weighted by molar-refractivity contribution is 5.24. The predicted molar refractivity (Wildman–Crippen MR) is 66.9 cm³/mol. The molecule has 1 atom stereocenters. The third-order valence-electron chi connectivity index (χ3n) is 2.72. The van der Waals surface area contributed by atoms with Crippen molar-refractivity contribution in [2.45, 2.75) is 32.5 Å². The van der Waals surface area contributed by atoms with Gasteiger partial charge in [-0.25, -0.2) is 4.39 Å². The van der Waals surface area contributed by atoms with E-state index in [9.17, 15) is 9.50 Å². The Bertz CT molecular complexity index is 355. The Kier molecular flexibility index (Phi) is 5.55. The number of hydrogen-bond acceptors (Lipinski definition) is 3. The molecular formula is C13H21FN2O. The number of hydrogen-bond donors (Lipinski definition) is 2. The van der Waals surface area contributed by atoms with E-state index in [0.717, 1.165) is 12.1 Å². The minimum Gasteiger partial charge on any atom is -0.393 e. The summed E-state index contributed by atoms with van der Waals surface area (Å²) in [7, 11) is 1.92. The van der Waals surface area contributed by atoms with Gasteiger partial charge in [-0.15, -0.1) is 0 Å².